The summed E-state index contributed by atoms with van der Waals surface area (Å²) >= 11 is 0. The van der Waals surface area contributed by atoms with Crippen molar-refractivity contribution in [2.45, 2.75) is 20.5 Å². The molecule has 0 aliphatic rings. The van der Waals surface area contributed by atoms with Crippen LogP contribution in [0.25, 0.3) is 0 Å². The molecule has 2 rings (SSSR count). The third-order valence-electron chi connectivity index (χ3n) is 2.85. The van der Waals surface area contributed by atoms with E-state index in [1.165, 1.54) is 11.1 Å². The molecule has 19 heavy (non-hydrogen) atoms. The second-order valence-electron chi connectivity index (χ2n) is 4.72. The first-order valence-electron chi connectivity index (χ1n) is 6.19. The topological polar surface area (TPSA) is 59.1 Å². The second-order valence-corrected chi connectivity index (χ2v) is 4.72. The van der Waals surface area contributed by atoms with Gasteiger partial charge in [0.15, 0.2) is 0 Å². The van der Waals surface area contributed by atoms with Gasteiger partial charge in [-0.3, -0.25) is 5.41 Å². The van der Waals surface area contributed by atoms with Crippen LogP contribution in [0.1, 0.15) is 22.3 Å². The molecule has 3 heteroatoms. The Kier molecular flexibility index (Phi) is 3.85. The molecule has 0 fully saturated rings. The van der Waals surface area contributed by atoms with Crippen molar-refractivity contribution in [2.75, 3.05) is 0 Å². The smallest absolute Gasteiger partial charge is 0.122 e. The highest BCUT2D eigenvalue weighted by atomic mass is 16.5. The van der Waals surface area contributed by atoms with Gasteiger partial charge in [0.1, 0.15) is 18.2 Å². The van der Waals surface area contributed by atoms with Gasteiger partial charge in [-0.05, 0) is 43.7 Å². The van der Waals surface area contributed by atoms with Crippen LogP contribution < -0.4 is 10.5 Å². The Morgan fingerprint density at radius 1 is 1.05 bits per heavy atom. The Bertz CT molecular complexity index is 568. The Balaban J connectivity index is 2.03. The molecule has 98 valence electrons. The summed E-state index contributed by atoms with van der Waals surface area (Å²) in [6, 6.07) is 13.6. The van der Waals surface area contributed by atoms with Crippen LogP contribution in [0.2, 0.25) is 0 Å². The highest BCUT2D eigenvalue weighted by molar-refractivity contribution is 5.94. The average molecular weight is 254 g/mol. The quantitative estimate of drug-likeness (QED) is 0.650. The molecule has 0 amide bonds. The summed E-state index contributed by atoms with van der Waals surface area (Å²) in [5.74, 6) is 0.852. The van der Waals surface area contributed by atoms with E-state index in [1.54, 1.807) is 12.1 Å². The van der Waals surface area contributed by atoms with Crippen LogP contribution in [0.4, 0.5) is 0 Å². The number of nitrogen functional groups attached to an aromatic ring is 1. The molecule has 2 aromatic rings. The van der Waals surface area contributed by atoms with Crippen LogP contribution in [0.5, 0.6) is 5.75 Å². The minimum Gasteiger partial charge on any atom is -0.489 e. The zero-order chi connectivity index (χ0) is 13.8. The van der Waals surface area contributed by atoms with Gasteiger partial charge in [-0.15, -0.1) is 0 Å². The van der Waals surface area contributed by atoms with E-state index in [4.69, 9.17) is 15.9 Å². The minimum absolute atomic E-state index is 0.0702. The number of benzene rings is 2. The zero-order valence-electron chi connectivity index (χ0n) is 11.2. The van der Waals surface area contributed by atoms with Gasteiger partial charge in [-0.25, -0.2) is 0 Å². The molecule has 0 aromatic heterocycles. The van der Waals surface area contributed by atoms with Crippen molar-refractivity contribution < 1.29 is 4.74 Å². The van der Waals surface area contributed by atoms with Gasteiger partial charge < -0.3 is 10.5 Å². The largest absolute Gasteiger partial charge is 0.489 e. The average Bonchev–Trinajstić information content (AvgIpc) is 2.36. The summed E-state index contributed by atoms with van der Waals surface area (Å²) in [6.45, 7) is 4.71. The number of amidine groups is 1. The first-order valence-corrected chi connectivity index (χ1v) is 6.19. The number of hydrogen-bond acceptors (Lipinski definition) is 2. The monoisotopic (exact) mass is 254 g/mol. The van der Waals surface area contributed by atoms with Gasteiger partial charge in [-0.1, -0.05) is 29.3 Å². The van der Waals surface area contributed by atoms with E-state index in [0.29, 0.717) is 12.2 Å². The fourth-order valence-electron chi connectivity index (χ4n) is 2.05. The fourth-order valence-corrected chi connectivity index (χ4v) is 2.05. The number of nitrogens with two attached hydrogens (primary N) is 1. The number of aryl methyl sites for hydroxylation is 2. The number of ether oxygens (including phenoxy) is 1. The van der Waals surface area contributed by atoms with E-state index >= 15 is 0 Å². The molecule has 0 heterocycles. The lowest BCUT2D eigenvalue weighted by Crippen LogP contribution is -2.10. The summed E-state index contributed by atoms with van der Waals surface area (Å²) < 4.78 is 5.73. The van der Waals surface area contributed by atoms with E-state index in [-0.39, 0.29) is 5.84 Å². The number of nitrogens with one attached hydrogen (secondary N) is 1. The van der Waals surface area contributed by atoms with Gasteiger partial charge in [0.25, 0.3) is 0 Å². The van der Waals surface area contributed by atoms with Gasteiger partial charge in [0.2, 0.25) is 0 Å². The Hall–Kier alpha value is -2.29. The maximum absolute atomic E-state index is 7.33. The molecule has 2 aromatic carbocycles. The molecular formula is C16H18N2O. The predicted octanol–water partition coefficient (Wildman–Crippen LogP) is 3.17. The summed E-state index contributed by atoms with van der Waals surface area (Å²) in [5.41, 5.74) is 9.75. The van der Waals surface area contributed by atoms with Crippen molar-refractivity contribution in [2.24, 2.45) is 5.73 Å². The molecule has 0 bridgehead atoms. The standard InChI is InChI=1S/C16H18N2O/c1-11-7-12(2)9-13(8-11)10-19-15-5-3-14(4-6-15)16(17)18/h3-9H,10H2,1-2H3,(H3,17,18). The first-order chi connectivity index (χ1) is 9.04. The number of rotatable bonds is 4. The van der Waals surface area contributed by atoms with E-state index in [0.717, 1.165) is 11.3 Å². The van der Waals surface area contributed by atoms with Crippen molar-refractivity contribution >= 4 is 5.84 Å². The van der Waals surface area contributed by atoms with Gasteiger partial charge >= 0.3 is 0 Å². The fraction of sp³-hybridized carbons (Fsp3) is 0.188. The lowest BCUT2D eigenvalue weighted by Gasteiger charge is -2.08. The zero-order valence-corrected chi connectivity index (χ0v) is 11.2. The lowest BCUT2D eigenvalue weighted by atomic mass is 10.1. The normalized spacial score (nSPS) is 10.2. The Morgan fingerprint density at radius 2 is 1.63 bits per heavy atom. The van der Waals surface area contributed by atoms with E-state index in [2.05, 4.69) is 32.0 Å². The van der Waals surface area contributed by atoms with E-state index in [1.807, 2.05) is 12.1 Å². The summed E-state index contributed by atoms with van der Waals surface area (Å²) in [4.78, 5) is 0. The molecule has 0 atom stereocenters. The molecule has 0 saturated carbocycles. The first kappa shape index (κ1) is 13.1. The van der Waals surface area contributed by atoms with E-state index in [9.17, 15) is 0 Å². The van der Waals surface area contributed by atoms with Crippen molar-refractivity contribution in [1.29, 1.82) is 5.41 Å². The molecular weight excluding hydrogens is 236 g/mol. The second kappa shape index (κ2) is 5.57. The van der Waals surface area contributed by atoms with Crippen LogP contribution in [0.3, 0.4) is 0 Å². The third-order valence-corrected chi connectivity index (χ3v) is 2.85. The Morgan fingerprint density at radius 3 is 2.16 bits per heavy atom. The van der Waals surface area contributed by atoms with Gasteiger partial charge in [0, 0.05) is 5.56 Å². The molecule has 0 unspecified atom stereocenters. The lowest BCUT2D eigenvalue weighted by molar-refractivity contribution is 0.306. The van der Waals surface area contributed by atoms with Crippen LogP contribution in [-0.4, -0.2) is 5.84 Å². The predicted molar refractivity (Wildman–Crippen MR) is 77.7 cm³/mol. The SMILES string of the molecule is Cc1cc(C)cc(COc2ccc(C(=N)N)cc2)c1. The molecule has 0 radical (unpaired) electrons. The summed E-state index contributed by atoms with van der Waals surface area (Å²) in [7, 11) is 0. The summed E-state index contributed by atoms with van der Waals surface area (Å²) in [5, 5.41) is 7.33. The highest BCUT2D eigenvalue weighted by Gasteiger charge is 2.00. The van der Waals surface area contributed by atoms with Crippen molar-refractivity contribution in [3.63, 3.8) is 0 Å². The van der Waals surface area contributed by atoms with E-state index < -0.39 is 0 Å². The number of hydrogen-bond donors (Lipinski definition) is 2. The minimum atomic E-state index is 0.0702. The maximum atomic E-state index is 7.33. The highest BCUT2D eigenvalue weighted by Crippen LogP contribution is 2.15. The Labute approximate surface area is 113 Å². The van der Waals surface area contributed by atoms with Crippen molar-refractivity contribution in [3.8, 4) is 5.75 Å². The molecule has 0 aliphatic heterocycles. The summed E-state index contributed by atoms with van der Waals surface area (Å²) in [6.07, 6.45) is 0. The third kappa shape index (κ3) is 3.58. The van der Waals surface area contributed by atoms with Crippen molar-refractivity contribution in [1.82, 2.24) is 0 Å². The maximum Gasteiger partial charge on any atom is 0.122 e. The molecule has 0 spiro atoms. The molecule has 3 nitrogen and oxygen atoms in total. The van der Waals surface area contributed by atoms with Crippen LogP contribution in [0, 0.1) is 19.3 Å². The van der Waals surface area contributed by atoms with Crippen molar-refractivity contribution in [3.05, 3.63) is 64.7 Å². The van der Waals surface area contributed by atoms with Gasteiger partial charge in [0.05, 0.1) is 0 Å². The van der Waals surface area contributed by atoms with Gasteiger partial charge in [-0.2, -0.15) is 0 Å². The van der Waals surface area contributed by atoms with Crippen LogP contribution >= 0.6 is 0 Å². The molecule has 0 saturated heterocycles. The molecule has 3 N–H and O–H groups in total. The molecule has 0 aliphatic carbocycles. The van der Waals surface area contributed by atoms with Crippen LogP contribution in [-0.2, 0) is 6.61 Å². The van der Waals surface area contributed by atoms with Crippen LogP contribution in [0.15, 0.2) is 42.5 Å².